The van der Waals surface area contributed by atoms with Crippen LogP contribution in [0.3, 0.4) is 0 Å². The molecule has 0 spiro atoms. The highest BCUT2D eigenvalue weighted by atomic mass is 16.6. The summed E-state index contributed by atoms with van der Waals surface area (Å²) in [5.41, 5.74) is -0.550. The molecule has 1 saturated carbocycles. The lowest BCUT2D eigenvalue weighted by Gasteiger charge is -2.41. The van der Waals surface area contributed by atoms with Crippen molar-refractivity contribution in [1.82, 2.24) is 4.90 Å². The highest BCUT2D eigenvalue weighted by Crippen LogP contribution is 2.31. The minimum Gasteiger partial charge on any atom is -0.444 e. The summed E-state index contributed by atoms with van der Waals surface area (Å²) >= 11 is 0. The third-order valence-corrected chi connectivity index (χ3v) is 4.17. The largest absolute Gasteiger partial charge is 0.444 e. The van der Waals surface area contributed by atoms with Gasteiger partial charge in [0.25, 0.3) is 0 Å². The number of nitrogens with zero attached hydrogens (tertiary/aromatic N) is 1. The molecule has 1 aliphatic carbocycles. The standard InChI is InChI=1S/C16H25NO4/c1-16(2,3)21-15(20)17-10-5-4-8-12(17)11-7-6-9-13(18)14(11)19/h11-12H,4-10H2,1-3H3. The quantitative estimate of drug-likeness (QED) is 0.698. The van der Waals surface area contributed by atoms with Gasteiger partial charge in [0, 0.05) is 24.9 Å². The Morgan fingerprint density at radius 2 is 1.86 bits per heavy atom. The van der Waals surface area contributed by atoms with E-state index in [9.17, 15) is 14.4 Å². The Balaban J connectivity index is 2.13. The van der Waals surface area contributed by atoms with E-state index in [1.54, 1.807) is 4.90 Å². The Labute approximate surface area is 126 Å². The number of hydrogen-bond acceptors (Lipinski definition) is 4. The Morgan fingerprint density at radius 3 is 2.52 bits per heavy atom. The second kappa shape index (κ2) is 6.16. The first kappa shape index (κ1) is 16.0. The normalized spacial score (nSPS) is 27.7. The molecular weight excluding hydrogens is 270 g/mol. The van der Waals surface area contributed by atoms with Crippen LogP contribution in [-0.4, -0.2) is 40.7 Å². The highest BCUT2D eigenvalue weighted by molar-refractivity contribution is 6.38. The zero-order valence-corrected chi connectivity index (χ0v) is 13.2. The summed E-state index contributed by atoms with van der Waals surface area (Å²) in [4.78, 5) is 37.9. The molecule has 0 aromatic heterocycles. The zero-order chi connectivity index (χ0) is 15.6. The third kappa shape index (κ3) is 3.83. The number of Topliss-reactive ketones (excluding diaryl/α,β-unsaturated/α-hetero) is 2. The fourth-order valence-corrected chi connectivity index (χ4v) is 3.23. The maximum atomic E-state index is 12.4. The van der Waals surface area contributed by atoms with Crippen LogP contribution in [0.1, 0.15) is 59.3 Å². The predicted molar refractivity (Wildman–Crippen MR) is 77.9 cm³/mol. The molecule has 1 aliphatic heterocycles. The topological polar surface area (TPSA) is 63.7 Å². The van der Waals surface area contributed by atoms with E-state index in [0.717, 1.165) is 25.7 Å². The van der Waals surface area contributed by atoms with Crippen molar-refractivity contribution in [2.45, 2.75) is 70.9 Å². The summed E-state index contributed by atoms with van der Waals surface area (Å²) in [5.74, 6) is -0.901. The number of piperidine rings is 1. The smallest absolute Gasteiger partial charge is 0.410 e. The van der Waals surface area contributed by atoms with Crippen molar-refractivity contribution in [3.05, 3.63) is 0 Å². The fourth-order valence-electron chi connectivity index (χ4n) is 3.23. The van der Waals surface area contributed by atoms with Crippen LogP contribution in [0.25, 0.3) is 0 Å². The monoisotopic (exact) mass is 295 g/mol. The molecule has 0 aromatic rings. The van der Waals surface area contributed by atoms with E-state index in [1.807, 2.05) is 20.8 Å². The molecule has 1 saturated heterocycles. The number of carbonyl (C=O) groups is 3. The van der Waals surface area contributed by atoms with Crippen LogP contribution in [0.5, 0.6) is 0 Å². The third-order valence-electron chi connectivity index (χ3n) is 4.17. The van der Waals surface area contributed by atoms with Crippen LogP contribution in [0, 0.1) is 5.92 Å². The second-order valence-electron chi connectivity index (χ2n) is 7.02. The molecule has 118 valence electrons. The minimum absolute atomic E-state index is 0.176. The first-order chi connectivity index (χ1) is 9.79. The van der Waals surface area contributed by atoms with E-state index < -0.39 is 5.60 Å². The molecule has 2 unspecified atom stereocenters. The lowest BCUT2D eigenvalue weighted by Crippen LogP contribution is -2.52. The van der Waals surface area contributed by atoms with Gasteiger partial charge in [-0.15, -0.1) is 0 Å². The molecule has 5 nitrogen and oxygen atoms in total. The van der Waals surface area contributed by atoms with Crippen LogP contribution < -0.4 is 0 Å². The summed E-state index contributed by atoms with van der Waals surface area (Å²) < 4.78 is 5.45. The lowest BCUT2D eigenvalue weighted by molar-refractivity contribution is -0.142. The van der Waals surface area contributed by atoms with Gasteiger partial charge in [-0.05, 0) is 52.9 Å². The molecule has 2 aliphatic rings. The van der Waals surface area contributed by atoms with Crippen LogP contribution in [0.15, 0.2) is 0 Å². The van der Waals surface area contributed by atoms with Gasteiger partial charge in [-0.1, -0.05) is 0 Å². The Kier molecular flexibility index (Phi) is 4.69. The number of ether oxygens (including phenoxy) is 1. The van der Waals surface area contributed by atoms with Gasteiger partial charge in [0.05, 0.1) is 0 Å². The molecule has 2 atom stereocenters. The first-order valence-corrected chi connectivity index (χ1v) is 7.86. The molecule has 0 aromatic carbocycles. The summed E-state index contributed by atoms with van der Waals surface area (Å²) in [7, 11) is 0. The van der Waals surface area contributed by atoms with Crippen LogP contribution >= 0.6 is 0 Å². The predicted octanol–water partition coefficient (Wildman–Crippen LogP) is 2.71. The van der Waals surface area contributed by atoms with Crippen molar-refractivity contribution in [3.8, 4) is 0 Å². The molecule has 5 heteroatoms. The Morgan fingerprint density at radius 1 is 1.14 bits per heavy atom. The highest BCUT2D eigenvalue weighted by Gasteiger charge is 2.41. The molecule has 21 heavy (non-hydrogen) atoms. The maximum Gasteiger partial charge on any atom is 0.410 e. The molecule has 1 amide bonds. The van der Waals surface area contributed by atoms with Gasteiger partial charge >= 0.3 is 6.09 Å². The number of carbonyl (C=O) groups excluding carboxylic acids is 3. The number of hydrogen-bond donors (Lipinski definition) is 0. The van der Waals surface area contributed by atoms with Gasteiger partial charge in [0.1, 0.15) is 5.60 Å². The number of ketones is 2. The fraction of sp³-hybridized carbons (Fsp3) is 0.812. The molecule has 2 rings (SSSR count). The van der Waals surface area contributed by atoms with Crippen molar-refractivity contribution in [2.24, 2.45) is 5.92 Å². The summed E-state index contributed by atoms with van der Waals surface area (Å²) in [6.07, 6.45) is 4.13. The van der Waals surface area contributed by atoms with Gasteiger partial charge < -0.3 is 9.64 Å². The van der Waals surface area contributed by atoms with Crippen molar-refractivity contribution >= 4 is 17.7 Å². The van der Waals surface area contributed by atoms with E-state index in [1.165, 1.54) is 0 Å². The summed E-state index contributed by atoms with van der Waals surface area (Å²) in [6, 6.07) is -0.176. The van der Waals surface area contributed by atoms with E-state index in [4.69, 9.17) is 4.74 Å². The molecule has 2 fully saturated rings. The Bertz CT molecular complexity index is 438. The minimum atomic E-state index is -0.550. The van der Waals surface area contributed by atoms with E-state index >= 15 is 0 Å². The summed E-state index contributed by atoms with van der Waals surface area (Å²) in [6.45, 7) is 6.11. The van der Waals surface area contributed by atoms with Crippen molar-refractivity contribution in [1.29, 1.82) is 0 Å². The molecule has 0 N–H and O–H groups in total. The molecular formula is C16H25NO4. The first-order valence-electron chi connectivity index (χ1n) is 7.86. The van der Waals surface area contributed by atoms with Gasteiger partial charge in [-0.25, -0.2) is 4.79 Å². The molecule has 0 radical (unpaired) electrons. The SMILES string of the molecule is CC(C)(C)OC(=O)N1CCCCC1C1CCCC(=O)C1=O. The number of rotatable bonds is 1. The number of amides is 1. The number of likely N-dealkylation sites (tertiary alicyclic amines) is 1. The van der Waals surface area contributed by atoms with E-state index in [-0.39, 0.29) is 29.6 Å². The maximum absolute atomic E-state index is 12.4. The second-order valence-corrected chi connectivity index (χ2v) is 7.02. The average Bonchev–Trinajstić information content (AvgIpc) is 2.40. The van der Waals surface area contributed by atoms with Gasteiger partial charge in [0.2, 0.25) is 5.78 Å². The molecule has 0 bridgehead atoms. The van der Waals surface area contributed by atoms with Crippen LogP contribution in [0.4, 0.5) is 4.79 Å². The van der Waals surface area contributed by atoms with Crippen molar-refractivity contribution in [2.75, 3.05) is 6.54 Å². The van der Waals surface area contributed by atoms with Crippen LogP contribution in [-0.2, 0) is 14.3 Å². The Hall–Kier alpha value is -1.39. The zero-order valence-electron chi connectivity index (χ0n) is 13.2. The van der Waals surface area contributed by atoms with Crippen LogP contribution in [0.2, 0.25) is 0 Å². The van der Waals surface area contributed by atoms with Gasteiger partial charge in [-0.3, -0.25) is 9.59 Å². The summed E-state index contributed by atoms with van der Waals surface area (Å²) in [5, 5.41) is 0. The van der Waals surface area contributed by atoms with E-state index in [0.29, 0.717) is 19.4 Å². The van der Waals surface area contributed by atoms with Crippen molar-refractivity contribution in [3.63, 3.8) is 0 Å². The average molecular weight is 295 g/mol. The lowest BCUT2D eigenvalue weighted by atomic mass is 9.78. The molecule has 1 heterocycles. The van der Waals surface area contributed by atoms with Gasteiger partial charge in [-0.2, -0.15) is 0 Å². The van der Waals surface area contributed by atoms with Crippen molar-refractivity contribution < 1.29 is 19.1 Å². The van der Waals surface area contributed by atoms with E-state index in [2.05, 4.69) is 0 Å². The van der Waals surface area contributed by atoms with Gasteiger partial charge in [0.15, 0.2) is 5.78 Å².